The third kappa shape index (κ3) is 2.78. The Bertz CT molecular complexity index is 283. The molecule has 0 aromatic carbocycles. The Kier molecular flexibility index (Phi) is 2.78. The van der Waals surface area contributed by atoms with E-state index >= 15 is 0 Å². The number of amides is 2. The maximum Gasteiger partial charge on any atom is 0.332 e. The first kappa shape index (κ1) is 8.19. The minimum atomic E-state index is -0.685. The summed E-state index contributed by atoms with van der Waals surface area (Å²) in [4.78, 5) is 14.0. The molecule has 1 heterocycles. The first-order chi connectivity index (χ1) is 5.79. The molecule has 5 nitrogen and oxygen atoms in total. The van der Waals surface area contributed by atoms with Crippen molar-refractivity contribution in [2.45, 2.75) is 0 Å². The van der Waals surface area contributed by atoms with Crippen LogP contribution in [-0.4, -0.2) is 17.2 Å². The molecule has 0 saturated carbocycles. The highest BCUT2D eigenvalue weighted by atomic mass is 16.2. The number of carbonyl (C=O) groups is 1. The average molecular weight is 164 g/mol. The van der Waals surface area contributed by atoms with Gasteiger partial charge in [0.15, 0.2) is 0 Å². The Morgan fingerprint density at radius 1 is 1.75 bits per heavy atom. The summed E-state index contributed by atoms with van der Waals surface area (Å²) in [5.41, 5.74) is 7.65. The Balaban J connectivity index is 2.52. The zero-order valence-electron chi connectivity index (χ0n) is 6.27. The molecule has 0 radical (unpaired) electrons. The number of carbonyl (C=O) groups excluding carboxylic acids is 1. The third-order valence-electron chi connectivity index (χ3n) is 1.07. The molecule has 62 valence electrons. The fourth-order valence-electron chi connectivity index (χ4n) is 0.623. The van der Waals surface area contributed by atoms with Crippen LogP contribution in [0.15, 0.2) is 29.6 Å². The van der Waals surface area contributed by atoms with Crippen molar-refractivity contribution in [3.05, 3.63) is 30.1 Å². The minimum Gasteiger partial charge on any atom is -0.350 e. The van der Waals surface area contributed by atoms with E-state index in [1.807, 2.05) is 0 Å². The molecule has 2 amide bonds. The van der Waals surface area contributed by atoms with E-state index in [1.165, 1.54) is 6.21 Å². The van der Waals surface area contributed by atoms with Crippen molar-refractivity contribution in [2.24, 2.45) is 10.8 Å². The van der Waals surface area contributed by atoms with Gasteiger partial charge in [0.1, 0.15) is 0 Å². The molecule has 5 heteroatoms. The zero-order valence-corrected chi connectivity index (χ0v) is 6.27. The van der Waals surface area contributed by atoms with E-state index in [9.17, 15) is 4.79 Å². The number of hydrazone groups is 1. The normalized spacial score (nSPS) is 10.0. The number of nitrogens with two attached hydrogens (primary N) is 1. The molecule has 3 N–H and O–H groups in total. The van der Waals surface area contributed by atoms with Gasteiger partial charge in [0, 0.05) is 18.0 Å². The van der Waals surface area contributed by atoms with Crippen LogP contribution in [0.1, 0.15) is 5.56 Å². The fraction of sp³-hybridized carbons (Fsp3) is 0. The molecule has 1 aromatic rings. The standard InChI is InChI=1S/C7H8N4O/c8-7(12)11-10-5-6-2-1-3-9-4-6/h1-5H,(H3,8,11,12). The summed E-state index contributed by atoms with van der Waals surface area (Å²) in [6.07, 6.45) is 4.72. The van der Waals surface area contributed by atoms with Gasteiger partial charge in [-0.3, -0.25) is 4.98 Å². The Morgan fingerprint density at radius 2 is 2.58 bits per heavy atom. The molecule has 12 heavy (non-hydrogen) atoms. The molecule has 1 rings (SSSR count). The highest BCUT2D eigenvalue weighted by molar-refractivity contribution is 5.80. The largest absolute Gasteiger partial charge is 0.350 e. The van der Waals surface area contributed by atoms with Gasteiger partial charge in [-0.2, -0.15) is 5.10 Å². The van der Waals surface area contributed by atoms with E-state index in [0.29, 0.717) is 0 Å². The number of primary amides is 1. The third-order valence-corrected chi connectivity index (χ3v) is 1.07. The van der Waals surface area contributed by atoms with Crippen LogP contribution < -0.4 is 11.2 Å². The number of hydrogen-bond donors (Lipinski definition) is 2. The van der Waals surface area contributed by atoms with Gasteiger partial charge in [-0.15, -0.1) is 0 Å². The quantitative estimate of drug-likeness (QED) is 0.479. The number of urea groups is 1. The number of nitrogens with one attached hydrogen (secondary N) is 1. The van der Waals surface area contributed by atoms with Gasteiger partial charge in [0.05, 0.1) is 6.21 Å². The molecule has 0 spiro atoms. The lowest BCUT2D eigenvalue weighted by atomic mass is 10.3. The molecule has 0 aliphatic rings. The lowest BCUT2D eigenvalue weighted by Gasteiger charge is -1.90. The van der Waals surface area contributed by atoms with Crippen molar-refractivity contribution in [3.63, 3.8) is 0 Å². The summed E-state index contributed by atoms with van der Waals surface area (Å²) in [7, 11) is 0. The second kappa shape index (κ2) is 4.07. The summed E-state index contributed by atoms with van der Waals surface area (Å²) in [6, 6.07) is 2.89. The fourth-order valence-corrected chi connectivity index (χ4v) is 0.623. The predicted molar refractivity (Wildman–Crippen MR) is 44.6 cm³/mol. The lowest BCUT2D eigenvalue weighted by Crippen LogP contribution is -2.24. The van der Waals surface area contributed by atoms with Crippen LogP contribution in [0.3, 0.4) is 0 Å². The average Bonchev–Trinajstić information content (AvgIpc) is 2.05. The SMILES string of the molecule is NC(=O)NN=Cc1cccnc1. The highest BCUT2D eigenvalue weighted by Gasteiger charge is 1.85. The molecule has 0 atom stereocenters. The van der Waals surface area contributed by atoms with Gasteiger partial charge in [-0.1, -0.05) is 6.07 Å². The number of hydrogen-bond acceptors (Lipinski definition) is 3. The van der Waals surface area contributed by atoms with Crippen molar-refractivity contribution < 1.29 is 4.79 Å². The molecule has 0 aliphatic heterocycles. The van der Waals surface area contributed by atoms with E-state index in [1.54, 1.807) is 24.5 Å². The highest BCUT2D eigenvalue weighted by Crippen LogP contribution is 1.89. The van der Waals surface area contributed by atoms with Crippen LogP contribution in [0.4, 0.5) is 4.79 Å². The van der Waals surface area contributed by atoms with Crippen LogP contribution in [0, 0.1) is 0 Å². The number of pyridine rings is 1. The van der Waals surface area contributed by atoms with Crippen LogP contribution in [-0.2, 0) is 0 Å². The molecule has 0 bridgehead atoms. The van der Waals surface area contributed by atoms with Gasteiger partial charge in [0.25, 0.3) is 0 Å². The van der Waals surface area contributed by atoms with E-state index in [4.69, 9.17) is 5.73 Å². The van der Waals surface area contributed by atoms with Crippen LogP contribution in [0.5, 0.6) is 0 Å². The number of nitrogens with zero attached hydrogens (tertiary/aromatic N) is 2. The van der Waals surface area contributed by atoms with E-state index < -0.39 is 6.03 Å². The van der Waals surface area contributed by atoms with Crippen LogP contribution in [0.25, 0.3) is 0 Å². The maximum absolute atomic E-state index is 10.2. The van der Waals surface area contributed by atoms with Gasteiger partial charge >= 0.3 is 6.03 Å². The molecule has 1 aromatic heterocycles. The van der Waals surface area contributed by atoms with E-state index in [-0.39, 0.29) is 0 Å². The molecular weight excluding hydrogens is 156 g/mol. The summed E-state index contributed by atoms with van der Waals surface area (Å²) in [5, 5.41) is 3.55. The van der Waals surface area contributed by atoms with Gasteiger partial charge < -0.3 is 5.73 Å². The van der Waals surface area contributed by atoms with E-state index in [0.717, 1.165) is 5.56 Å². The Labute approximate surface area is 69.3 Å². The molecule has 0 unspecified atom stereocenters. The second-order valence-corrected chi connectivity index (χ2v) is 2.02. The lowest BCUT2D eigenvalue weighted by molar-refractivity contribution is 0.249. The molecule has 0 saturated heterocycles. The van der Waals surface area contributed by atoms with Crippen LogP contribution in [0.2, 0.25) is 0 Å². The van der Waals surface area contributed by atoms with Crippen molar-refractivity contribution in [2.75, 3.05) is 0 Å². The van der Waals surface area contributed by atoms with Gasteiger partial charge in [0.2, 0.25) is 0 Å². The van der Waals surface area contributed by atoms with Crippen molar-refractivity contribution in [3.8, 4) is 0 Å². The first-order valence-electron chi connectivity index (χ1n) is 3.27. The van der Waals surface area contributed by atoms with Gasteiger partial charge in [-0.05, 0) is 6.07 Å². The summed E-state index contributed by atoms with van der Waals surface area (Å²) >= 11 is 0. The smallest absolute Gasteiger partial charge is 0.332 e. The summed E-state index contributed by atoms with van der Waals surface area (Å²) in [6.45, 7) is 0. The second-order valence-electron chi connectivity index (χ2n) is 2.02. The van der Waals surface area contributed by atoms with Crippen LogP contribution >= 0.6 is 0 Å². The zero-order chi connectivity index (χ0) is 8.81. The predicted octanol–water partition coefficient (Wildman–Crippen LogP) is 0.0838. The van der Waals surface area contributed by atoms with Gasteiger partial charge in [-0.25, -0.2) is 10.2 Å². The Morgan fingerprint density at radius 3 is 3.17 bits per heavy atom. The summed E-state index contributed by atoms with van der Waals surface area (Å²) in [5.74, 6) is 0. The van der Waals surface area contributed by atoms with Crippen molar-refractivity contribution >= 4 is 12.2 Å². The number of rotatable bonds is 2. The molecule has 0 fully saturated rings. The van der Waals surface area contributed by atoms with Crippen molar-refractivity contribution in [1.82, 2.24) is 10.4 Å². The molecule has 0 aliphatic carbocycles. The first-order valence-corrected chi connectivity index (χ1v) is 3.27. The monoisotopic (exact) mass is 164 g/mol. The topological polar surface area (TPSA) is 80.4 Å². The van der Waals surface area contributed by atoms with Crippen molar-refractivity contribution in [1.29, 1.82) is 0 Å². The summed E-state index contributed by atoms with van der Waals surface area (Å²) < 4.78 is 0. The minimum absolute atomic E-state index is 0.685. The maximum atomic E-state index is 10.2. The molecular formula is C7H8N4O. The number of aromatic nitrogens is 1. The Hall–Kier alpha value is -1.91. The van der Waals surface area contributed by atoms with E-state index in [2.05, 4.69) is 15.5 Å².